The highest BCUT2D eigenvalue weighted by Crippen LogP contribution is 2.22. The molecule has 5 heteroatoms. The van der Waals surface area contributed by atoms with Crippen LogP contribution in [0.1, 0.15) is 18.6 Å². The zero-order chi connectivity index (χ0) is 11.4. The molecular weight excluding hydrogens is 194 g/mol. The highest BCUT2D eigenvalue weighted by molar-refractivity contribution is 5.79. The van der Waals surface area contributed by atoms with Crippen molar-refractivity contribution in [1.29, 1.82) is 0 Å². The topological polar surface area (TPSA) is 79.5 Å². The molecule has 1 aromatic heterocycles. The fourth-order valence-electron chi connectivity index (χ4n) is 1.36. The van der Waals surface area contributed by atoms with Gasteiger partial charge in [-0.25, -0.2) is 4.98 Å². The van der Waals surface area contributed by atoms with E-state index in [0.717, 1.165) is 0 Å². The van der Waals surface area contributed by atoms with E-state index in [-0.39, 0.29) is 6.54 Å². The third kappa shape index (κ3) is 2.92. The van der Waals surface area contributed by atoms with Crippen molar-refractivity contribution in [2.24, 2.45) is 5.73 Å². The van der Waals surface area contributed by atoms with Gasteiger partial charge in [-0.05, 0) is 13.0 Å². The number of anilines is 1. The van der Waals surface area contributed by atoms with E-state index in [1.165, 1.54) is 0 Å². The van der Waals surface area contributed by atoms with Crippen LogP contribution in [0, 0.1) is 0 Å². The van der Waals surface area contributed by atoms with Crippen LogP contribution in [0.3, 0.4) is 0 Å². The summed E-state index contributed by atoms with van der Waals surface area (Å²) < 4.78 is 0. The van der Waals surface area contributed by atoms with Crippen molar-refractivity contribution in [3.63, 3.8) is 0 Å². The van der Waals surface area contributed by atoms with Gasteiger partial charge in [0.25, 0.3) is 0 Å². The maximum Gasteiger partial charge on any atom is 0.236 e. The molecular formula is C10H15N3O2. The fraction of sp³-hybridized carbons (Fsp3) is 0.400. The molecule has 1 atom stereocenters. The molecule has 0 aliphatic rings. The number of primary amides is 1. The monoisotopic (exact) mass is 209 g/mol. The standard InChI is InChI=1S/C10H15N3O2/c1-7(14)8-4-3-5-12-10(8)13(2)6-9(11)15/h3-5,7,14H,6H2,1-2H3,(H2,11,15). The maximum atomic E-state index is 10.8. The molecule has 0 aliphatic heterocycles. The van der Waals surface area contributed by atoms with Gasteiger partial charge in [0.1, 0.15) is 5.82 Å². The zero-order valence-electron chi connectivity index (χ0n) is 8.84. The van der Waals surface area contributed by atoms with E-state index >= 15 is 0 Å². The lowest BCUT2D eigenvalue weighted by molar-refractivity contribution is -0.116. The Balaban J connectivity index is 2.97. The number of aliphatic hydroxyl groups is 1. The smallest absolute Gasteiger partial charge is 0.236 e. The number of nitrogens with zero attached hydrogens (tertiary/aromatic N) is 2. The van der Waals surface area contributed by atoms with E-state index in [0.29, 0.717) is 11.4 Å². The first-order valence-corrected chi connectivity index (χ1v) is 4.64. The molecule has 0 bridgehead atoms. The molecule has 0 saturated carbocycles. The third-order valence-electron chi connectivity index (χ3n) is 2.02. The van der Waals surface area contributed by atoms with Gasteiger partial charge in [0.2, 0.25) is 5.91 Å². The summed E-state index contributed by atoms with van der Waals surface area (Å²) in [4.78, 5) is 16.5. The summed E-state index contributed by atoms with van der Waals surface area (Å²) >= 11 is 0. The summed E-state index contributed by atoms with van der Waals surface area (Å²) in [5, 5.41) is 9.50. The third-order valence-corrected chi connectivity index (χ3v) is 2.02. The van der Waals surface area contributed by atoms with Gasteiger partial charge >= 0.3 is 0 Å². The molecule has 0 spiro atoms. The average Bonchev–Trinajstić information content (AvgIpc) is 2.16. The average molecular weight is 209 g/mol. The summed E-state index contributed by atoms with van der Waals surface area (Å²) in [7, 11) is 1.71. The van der Waals surface area contributed by atoms with Crippen LogP contribution in [0.15, 0.2) is 18.3 Å². The second kappa shape index (κ2) is 4.75. The normalized spacial score (nSPS) is 12.2. The molecule has 0 saturated heterocycles. The second-order valence-corrected chi connectivity index (χ2v) is 3.41. The van der Waals surface area contributed by atoms with E-state index in [4.69, 9.17) is 5.73 Å². The summed E-state index contributed by atoms with van der Waals surface area (Å²) in [6.07, 6.45) is 0.989. The number of hydrogen-bond acceptors (Lipinski definition) is 4. The molecule has 15 heavy (non-hydrogen) atoms. The predicted molar refractivity (Wildman–Crippen MR) is 57.3 cm³/mol. The number of aromatic nitrogens is 1. The van der Waals surface area contributed by atoms with Crippen LogP contribution in [0.2, 0.25) is 0 Å². The predicted octanol–water partition coefficient (Wildman–Crippen LogP) is 0.0564. The summed E-state index contributed by atoms with van der Waals surface area (Å²) in [6, 6.07) is 3.51. The number of hydrogen-bond donors (Lipinski definition) is 2. The lowest BCUT2D eigenvalue weighted by atomic mass is 10.1. The molecule has 1 amide bonds. The number of aliphatic hydroxyl groups excluding tert-OH is 1. The fourth-order valence-corrected chi connectivity index (χ4v) is 1.36. The lowest BCUT2D eigenvalue weighted by Gasteiger charge is -2.20. The van der Waals surface area contributed by atoms with Crippen LogP contribution in [-0.4, -0.2) is 29.6 Å². The SMILES string of the molecule is CC(O)c1cccnc1N(C)CC(N)=O. The van der Waals surface area contributed by atoms with E-state index in [2.05, 4.69) is 4.98 Å². The minimum Gasteiger partial charge on any atom is -0.389 e. The van der Waals surface area contributed by atoms with Crippen LogP contribution in [-0.2, 0) is 4.79 Å². The van der Waals surface area contributed by atoms with Gasteiger partial charge in [-0.1, -0.05) is 6.07 Å². The highest BCUT2D eigenvalue weighted by Gasteiger charge is 2.13. The lowest BCUT2D eigenvalue weighted by Crippen LogP contribution is -2.31. The van der Waals surface area contributed by atoms with Crippen LogP contribution in [0.25, 0.3) is 0 Å². The van der Waals surface area contributed by atoms with Crippen LogP contribution < -0.4 is 10.6 Å². The minimum absolute atomic E-state index is 0.0801. The molecule has 1 heterocycles. The molecule has 0 aromatic carbocycles. The molecule has 1 aromatic rings. The molecule has 5 nitrogen and oxygen atoms in total. The molecule has 0 radical (unpaired) electrons. The van der Waals surface area contributed by atoms with Crippen molar-refractivity contribution < 1.29 is 9.90 Å². The Morgan fingerprint density at radius 3 is 2.93 bits per heavy atom. The molecule has 1 unspecified atom stereocenters. The number of amides is 1. The Labute approximate surface area is 88.5 Å². The van der Waals surface area contributed by atoms with E-state index in [9.17, 15) is 9.90 Å². The van der Waals surface area contributed by atoms with E-state index in [1.54, 1.807) is 37.2 Å². The summed E-state index contributed by atoms with van der Waals surface area (Å²) in [5.41, 5.74) is 5.77. The van der Waals surface area contributed by atoms with Crippen molar-refractivity contribution in [3.05, 3.63) is 23.9 Å². The van der Waals surface area contributed by atoms with Gasteiger partial charge in [0.15, 0.2) is 0 Å². The van der Waals surface area contributed by atoms with Gasteiger partial charge in [0, 0.05) is 18.8 Å². The molecule has 0 aliphatic carbocycles. The van der Waals surface area contributed by atoms with Crippen molar-refractivity contribution in [1.82, 2.24) is 4.98 Å². The Kier molecular flexibility index (Phi) is 3.62. The van der Waals surface area contributed by atoms with E-state index < -0.39 is 12.0 Å². The van der Waals surface area contributed by atoms with E-state index in [1.807, 2.05) is 0 Å². The largest absolute Gasteiger partial charge is 0.389 e. The maximum absolute atomic E-state index is 10.8. The van der Waals surface area contributed by atoms with Gasteiger partial charge in [-0.3, -0.25) is 4.79 Å². The number of nitrogens with two attached hydrogens (primary N) is 1. The van der Waals surface area contributed by atoms with Crippen molar-refractivity contribution in [2.75, 3.05) is 18.5 Å². The Morgan fingerprint density at radius 2 is 2.40 bits per heavy atom. The number of carbonyl (C=O) groups excluding carboxylic acids is 1. The number of likely N-dealkylation sites (N-methyl/N-ethyl adjacent to an activating group) is 1. The first kappa shape index (κ1) is 11.5. The number of carbonyl (C=O) groups is 1. The first-order chi connectivity index (χ1) is 7.02. The summed E-state index contributed by atoms with van der Waals surface area (Å²) in [6.45, 7) is 1.73. The molecule has 82 valence electrons. The molecule has 3 N–H and O–H groups in total. The molecule has 1 rings (SSSR count). The Bertz CT molecular complexity index is 352. The number of rotatable bonds is 4. The van der Waals surface area contributed by atoms with Crippen LogP contribution >= 0.6 is 0 Å². The van der Waals surface area contributed by atoms with Crippen molar-refractivity contribution in [3.8, 4) is 0 Å². The van der Waals surface area contributed by atoms with Crippen LogP contribution in [0.4, 0.5) is 5.82 Å². The van der Waals surface area contributed by atoms with Gasteiger partial charge < -0.3 is 15.7 Å². The van der Waals surface area contributed by atoms with Crippen LogP contribution in [0.5, 0.6) is 0 Å². The van der Waals surface area contributed by atoms with Gasteiger partial charge in [0.05, 0.1) is 12.6 Å². The zero-order valence-corrected chi connectivity index (χ0v) is 8.84. The number of pyridine rings is 1. The van der Waals surface area contributed by atoms with Gasteiger partial charge in [-0.15, -0.1) is 0 Å². The Hall–Kier alpha value is -1.62. The Morgan fingerprint density at radius 1 is 1.73 bits per heavy atom. The van der Waals surface area contributed by atoms with Gasteiger partial charge in [-0.2, -0.15) is 0 Å². The van der Waals surface area contributed by atoms with Crippen molar-refractivity contribution >= 4 is 11.7 Å². The second-order valence-electron chi connectivity index (χ2n) is 3.41. The first-order valence-electron chi connectivity index (χ1n) is 4.64. The molecule has 0 fully saturated rings. The minimum atomic E-state index is -0.621. The highest BCUT2D eigenvalue weighted by atomic mass is 16.3. The van der Waals surface area contributed by atoms with Crippen molar-refractivity contribution in [2.45, 2.75) is 13.0 Å². The summed E-state index contributed by atoms with van der Waals surface area (Å²) in [5.74, 6) is 0.144. The quantitative estimate of drug-likeness (QED) is 0.734.